The van der Waals surface area contributed by atoms with E-state index in [-0.39, 0.29) is 11.5 Å². The van der Waals surface area contributed by atoms with Gasteiger partial charge in [0.1, 0.15) is 11.3 Å². The summed E-state index contributed by atoms with van der Waals surface area (Å²) in [6.45, 7) is 4.00. The van der Waals surface area contributed by atoms with Crippen LogP contribution in [0.15, 0.2) is 43.0 Å². The van der Waals surface area contributed by atoms with E-state index in [1.807, 2.05) is 24.0 Å². The van der Waals surface area contributed by atoms with Crippen molar-refractivity contribution in [3.05, 3.63) is 64.7 Å². The van der Waals surface area contributed by atoms with E-state index in [2.05, 4.69) is 21.0 Å². The smallest absolute Gasteiger partial charge is 0.272 e. The fourth-order valence-corrected chi connectivity index (χ4v) is 5.65. The van der Waals surface area contributed by atoms with Crippen LogP contribution < -0.4 is 0 Å². The molecule has 5 heterocycles. The van der Waals surface area contributed by atoms with Crippen LogP contribution in [0.25, 0.3) is 10.6 Å². The van der Waals surface area contributed by atoms with Gasteiger partial charge in [0.2, 0.25) is 0 Å². The summed E-state index contributed by atoms with van der Waals surface area (Å²) in [6.07, 6.45) is 9.44. The van der Waals surface area contributed by atoms with Crippen molar-refractivity contribution in [3.8, 4) is 10.6 Å². The van der Waals surface area contributed by atoms with Crippen molar-refractivity contribution in [2.24, 2.45) is 0 Å². The molecule has 0 aromatic carbocycles. The second kappa shape index (κ2) is 7.31. The summed E-state index contributed by atoms with van der Waals surface area (Å²) in [5.41, 5.74) is 3.42. The van der Waals surface area contributed by atoms with Crippen LogP contribution in [0.5, 0.6) is 0 Å². The highest BCUT2D eigenvalue weighted by molar-refractivity contribution is 7.15. The lowest BCUT2D eigenvalue weighted by Crippen LogP contribution is -2.48. The minimum Gasteiger partial charge on any atom is -0.369 e. The second-order valence-electron chi connectivity index (χ2n) is 7.61. The van der Waals surface area contributed by atoms with Crippen molar-refractivity contribution in [1.82, 2.24) is 19.9 Å². The van der Waals surface area contributed by atoms with Crippen molar-refractivity contribution < 1.29 is 9.53 Å². The van der Waals surface area contributed by atoms with Gasteiger partial charge in [-0.1, -0.05) is 6.07 Å². The van der Waals surface area contributed by atoms with E-state index in [9.17, 15) is 4.79 Å². The Morgan fingerprint density at radius 1 is 1.21 bits per heavy atom. The number of hydrogen-bond acceptors (Lipinski definition) is 6. The van der Waals surface area contributed by atoms with Crippen LogP contribution in [-0.2, 0) is 16.8 Å². The predicted molar refractivity (Wildman–Crippen MR) is 111 cm³/mol. The average Bonchev–Trinajstić information content (AvgIpc) is 3.21. The minimum absolute atomic E-state index is 0.0143. The van der Waals surface area contributed by atoms with Crippen LogP contribution in [0, 0.1) is 6.92 Å². The summed E-state index contributed by atoms with van der Waals surface area (Å²) in [5, 5.41) is 0. The molecule has 1 fully saturated rings. The van der Waals surface area contributed by atoms with Gasteiger partial charge in [0.25, 0.3) is 5.91 Å². The first kappa shape index (κ1) is 18.4. The van der Waals surface area contributed by atoms with Gasteiger partial charge in [0, 0.05) is 36.6 Å². The van der Waals surface area contributed by atoms with Gasteiger partial charge < -0.3 is 9.64 Å². The Morgan fingerprint density at radius 2 is 2.07 bits per heavy atom. The molecule has 2 aliphatic heterocycles. The number of amides is 1. The number of fused-ring (bicyclic) bond motifs is 2. The highest BCUT2D eigenvalue weighted by atomic mass is 32.1. The van der Waals surface area contributed by atoms with Crippen molar-refractivity contribution in [2.75, 3.05) is 19.7 Å². The Morgan fingerprint density at radius 3 is 2.83 bits per heavy atom. The molecule has 1 spiro atoms. The van der Waals surface area contributed by atoms with E-state index in [0.29, 0.717) is 18.8 Å². The first-order chi connectivity index (χ1) is 14.2. The molecular formula is C22H22N4O2S. The van der Waals surface area contributed by atoms with Gasteiger partial charge in [-0.2, -0.15) is 0 Å². The molecule has 0 aliphatic carbocycles. The monoisotopic (exact) mass is 406 g/mol. The first-order valence-corrected chi connectivity index (χ1v) is 10.7. The molecule has 148 valence electrons. The summed E-state index contributed by atoms with van der Waals surface area (Å²) in [5.74, 6) is 0.0143. The summed E-state index contributed by atoms with van der Waals surface area (Å²) in [6, 6.07) is 6.03. The fraction of sp³-hybridized carbons (Fsp3) is 0.364. The van der Waals surface area contributed by atoms with Crippen molar-refractivity contribution in [2.45, 2.75) is 31.8 Å². The molecule has 0 N–H and O–H groups in total. The van der Waals surface area contributed by atoms with Crippen LogP contribution in [0.2, 0.25) is 0 Å². The normalized spacial score (nSPS) is 17.9. The van der Waals surface area contributed by atoms with Gasteiger partial charge in [0.15, 0.2) is 0 Å². The molecule has 6 nitrogen and oxygen atoms in total. The molecule has 0 bridgehead atoms. The zero-order chi connectivity index (χ0) is 19.8. The second-order valence-corrected chi connectivity index (χ2v) is 8.66. The standard InChI is InChI=1S/C22H22N4O2S/c1-15-3-2-7-25-19(15)21(27)26-10-5-22(6-11-26)20-16(4-12-28-22)13-18(29-20)17-14-23-8-9-24-17/h2-3,7-9,13-14H,4-6,10-12H2,1H3. The summed E-state index contributed by atoms with van der Waals surface area (Å²) >= 11 is 1.76. The van der Waals surface area contributed by atoms with E-state index in [1.165, 1.54) is 10.4 Å². The third-order valence-corrected chi connectivity index (χ3v) is 7.24. The molecule has 1 amide bonds. The lowest BCUT2D eigenvalue weighted by atomic mass is 9.85. The summed E-state index contributed by atoms with van der Waals surface area (Å²) in [7, 11) is 0. The number of likely N-dealkylation sites (tertiary alicyclic amines) is 1. The Kier molecular flexibility index (Phi) is 4.64. The molecule has 0 unspecified atom stereocenters. The van der Waals surface area contributed by atoms with E-state index >= 15 is 0 Å². The number of rotatable bonds is 2. The van der Waals surface area contributed by atoms with Gasteiger partial charge in [-0.3, -0.25) is 19.7 Å². The molecule has 3 aromatic rings. The minimum atomic E-state index is -0.297. The number of ether oxygens (including phenoxy) is 1. The summed E-state index contributed by atoms with van der Waals surface area (Å²) < 4.78 is 6.36. The van der Waals surface area contributed by atoms with Crippen molar-refractivity contribution >= 4 is 17.2 Å². The number of nitrogens with zero attached hydrogens (tertiary/aromatic N) is 4. The number of hydrogen-bond donors (Lipinski definition) is 0. The average molecular weight is 407 g/mol. The van der Waals surface area contributed by atoms with Gasteiger partial charge in [-0.25, -0.2) is 0 Å². The zero-order valence-corrected chi connectivity index (χ0v) is 17.1. The molecule has 0 atom stereocenters. The Labute approximate surface area is 173 Å². The maximum atomic E-state index is 12.9. The highest BCUT2D eigenvalue weighted by Crippen LogP contribution is 2.47. The third-order valence-electron chi connectivity index (χ3n) is 5.86. The van der Waals surface area contributed by atoms with Crippen LogP contribution in [0.3, 0.4) is 0 Å². The van der Waals surface area contributed by atoms with Gasteiger partial charge in [-0.15, -0.1) is 11.3 Å². The van der Waals surface area contributed by atoms with Crippen LogP contribution in [0.4, 0.5) is 0 Å². The molecule has 1 saturated heterocycles. The van der Waals surface area contributed by atoms with E-state index in [4.69, 9.17) is 4.74 Å². The molecule has 3 aromatic heterocycles. The lowest BCUT2D eigenvalue weighted by molar-refractivity contribution is -0.0906. The molecule has 0 radical (unpaired) electrons. The lowest BCUT2D eigenvalue weighted by Gasteiger charge is -2.43. The number of carbonyl (C=O) groups excluding carboxylic acids is 1. The molecule has 2 aliphatic rings. The van der Waals surface area contributed by atoms with Crippen LogP contribution >= 0.6 is 11.3 Å². The van der Waals surface area contributed by atoms with Gasteiger partial charge in [0.05, 0.1) is 23.4 Å². The topological polar surface area (TPSA) is 68.2 Å². The number of piperidine rings is 1. The van der Waals surface area contributed by atoms with Crippen molar-refractivity contribution in [1.29, 1.82) is 0 Å². The van der Waals surface area contributed by atoms with E-state index in [1.54, 1.807) is 36.1 Å². The number of carbonyl (C=O) groups is 1. The first-order valence-electron chi connectivity index (χ1n) is 9.91. The Hall–Kier alpha value is -2.64. The maximum absolute atomic E-state index is 12.9. The van der Waals surface area contributed by atoms with Gasteiger partial charge in [-0.05, 0) is 49.4 Å². The maximum Gasteiger partial charge on any atom is 0.272 e. The van der Waals surface area contributed by atoms with E-state index < -0.39 is 0 Å². The quantitative estimate of drug-likeness (QED) is 0.650. The predicted octanol–water partition coefficient (Wildman–Crippen LogP) is 3.61. The SMILES string of the molecule is Cc1cccnc1C(=O)N1CCC2(CC1)OCCc1cc(-c3cnccn3)sc12. The van der Waals surface area contributed by atoms with Crippen LogP contribution in [0.1, 0.15) is 39.3 Å². The summed E-state index contributed by atoms with van der Waals surface area (Å²) in [4.78, 5) is 30.2. The number of pyridine rings is 1. The number of thiophene rings is 1. The zero-order valence-electron chi connectivity index (χ0n) is 16.3. The van der Waals surface area contributed by atoms with E-state index in [0.717, 1.165) is 42.0 Å². The number of aromatic nitrogens is 3. The molecular weight excluding hydrogens is 384 g/mol. The fourth-order valence-electron chi connectivity index (χ4n) is 4.28. The van der Waals surface area contributed by atoms with Crippen molar-refractivity contribution in [3.63, 3.8) is 0 Å². The Bertz CT molecular complexity index is 1040. The Balaban J connectivity index is 1.38. The molecule has 7 heteroatoms. The third kappa shape index (κ3) is 3.24. The largest absolute Gasteiger partial charge is 0.369 e. The molecule has 5 rings (SSSR count). The highest BCUT2D eigenvalue weighted by Gasteiger charge is 2.43. The van der Waals surface area contributed by atoms with Crippen LogP contribution in [-0.4, -0.2) is 45.5 Å². The van der Waals surface area contributed by atoms with Gasteiger partial charge >= 0.3 is 0 Å². The molecule has 29 heavy (non-hydrogen) atoms. The number of aryl methyl sites for hydroxylation is 1. The molecule has 0 saturated carbocycles.